The Morgan fingerprint density at radius 3 is 1.23 bits per heavy atom. The molecule has 1 atom stereocenters. The number of hydrogen-bond acceptors (Lipinski definition) is 4. The van der Waals surface area contributed by atoms with E-state index in [4.69, 9.17) is 9.47 Å². The number of allylic oxidation sites excluding steroid dienone is 2. The lowest BCUT2D eigenvalue weighted by Gasteiger charge is -2.19. The summed E-state index contributed by atoms with van der Waals surface area (Å²) in [7, 11) is 0. The van der Waals surface area contributed by atoms with E-state index in [1.165, 1.54) is 161 Å². The largest absolute Gasteiger partial charge is 0.462 e. The van der Waals surface area contributed by atoms with Crippen LogP contribution in [0.5, 0.6) is 0 Å². The fourth-order valence-electron chi connectivity index (χ4n) is 7.10. The molecule has 0 radical (unpaired) electrons. The van der Waals surface area contributed by atoms with Gasteiger partial charge in [-0.3, -0.25) is 0 Å². The first kappa shape index (κ1) is 47.9. The zero-order valence-electron chi connectivity index (χ0n) is 34.7. The first-order valence-electron chi connectivity index (χ1n) is 22.8. The van der Waals surface area contributed by atoms with Crippen molar-refractivity contribution in [2.45, 2.75) is 239 Å². The molecule has 0 aromatic heterocycles. The van der Waals surface area contributed by atoms with Crippen LogP contribution in [-0.4, -0.2) is 24.6 Å². The highest BCUT2D eigenvalue weighted by Gasteiger charge is 2.22. The molecule has 0 aliphatic carbocycles. The van der Waals surface area contributed by atoms with Crippen LogP contribution < -0.4 is 0 Å². The van der Waals surface area contributed by atoms with Crippen LogP contribution in [-0.2, 0) is 9.47 Å². The van der Waals surface area contributed by atoms with Gasteiger partial charge in [-0.25, -0.2) is 9.59 Å². The van der Waals surface area contributed by atoms with Crippen molar-refractivity contribution in [3.05, 3.63) is 47.5 Å². The van der Waals surface area contributed by atoms with Gasteiger partial charge in [0, 0.05) is 0 Å². The molecule has 0 fully saturated rings. The van der Waals surface area contributed by atoms with Crippen molar-refractivity contribution in [1.29, 1.82) is 0 Å². The summed E-state index contributed by atoms with van der Waals surface area (Å²) in [6.45, 7) is 7.11. The molecule has 1 aromatic carbocycles. The number of carbonyl (C=O) groups is 2. The Balaban J connectivity index is 2.45. The molecule has 52 heavy (non-hydrogen) atoms. The Labute approximate surface area is 323 Å². The summed E-state index contributed by atoms with van der Waals surface area (Å²) in [5.74, 6) is -0.812. The normalized spacial score (nSPS) is 12.1. The minimum absolute atomic E-state index is 0.102. The third-order valence-corrected chi connectivity index (χ3v) is 10.5. The highest BCUT2D eigenvalue weighted by Crippen LogP contribution is 2.21. The summed E-state index contributed by atoms with van der Waals surface area (Å²) in [6.07, 6.45) is 46.0. The van der Waals surface area contributed by atoms with Gasteiger partial charge in [0.1, 0.15) is 6.10 Å². The SMILES string of the molecule is CCCCCCCCC=CCCCCCCCCC(CCCCCCCCCCCCCCC)OC(=O)c1ccccc1C(=O)OCCCCCC. The quantitative estimate of drug-likeness (QED) is 0.0387. The summed E-state index contributed by atoms with van der Waals surface area (Å²) in [4.78, 5) is 26.4. The van der Waals surface area contributed by atoms with Gasteiger partial charge in [-0.05, 0) is 69.9 Å². The Kier molecular flexibility index (Phi) is 34.3. The summed E-state index contributed by atoms with van der Waals surface area (Å²) < 4.78 is 11.7. The number of ether oxygens (including phenoxy) is 2. The highest BCUT2D eigenvalue weighted by atomic mass is 16.5. The number of unbranched alkanes of at least 4 members (excludes halogenated alkanes) is 27. The first-order chi connectivity index (χ1) is 25.6. The van der Waals surface area contributed by atoms with E-state index in [0.29, 0.717) is 17.7 Å². The van der Waals surface area contributed by atoms with Crippen molar-refractivity contribution in [1.82, 2.24) is 0 Å². The number of esters is 2. The first-order valence-corrected chi connectivity index (χ1v) is 22.8. The van der Waals surface area contributed by atoms with Crippen LogP contribution in [0.4, 0.5) is 0 Å². The van der Waals surface area contributed by atoms with E-state index >= 15 is 0 Å². The molecule has 4 nitrogen and oxygen atoms in total. The van der Waals surface area contributed by atoms with Gasteiger partial charge >= 0.3 is 11.9 Å². The monoisotopic (exact) mass is 725 g/mol. The van der Waals surface area contributed by atoms with E-state index in [1.54, 1.807) is 18.2 Å². The second kappa shape index (κ2) is 37.2. The van der Waals surface area contributed by atoms with Gasteiger partial charge in [-0.2, -0.15) is 0 Å². The lowest BCUT2D eigenvalue weighted by molar-refractivity contribution is 0.0240. The van der Waals surface area contributed by atoms with Gasteiger partial charge in [0.2, 0.25) is 0 Å². The third-order valence-electron chi connectivity index (χ3n) is 10.5. The molecule has 0 saturated heterocycles. The Morgan fingerprint density at radius 2 is 0.808 bits per heavy atom. The van der Waals surface area contributed by atoms with Crippen molar-refractivity contribution < 1.29 is 19.1 Å². The molecule has 0 aliphatic heterocycles. The van der Waals surface area contributed by atoms with E-state index in [-0.39, 0.29) is 12.1 Å². The summed E-state index contributed by atoms with van der Waals surface area (Å²) in [5.41, 5.74) is 0.650. The lowest BCUT2D eigenvalue weighted by atomic mass is 10.0. The Hall–Kier alpha value is -2.10. The number of carbonyl (C=O) groups excluding carboxylic acids is 2. The summed E-state index contributed by atoms with van der Waals surface area (Å²) >= 11 is 0. The summed E-state index contributed by atoms with van der Waals surface area (Å²) in [6, 6.07) is 7.00. The summed E-state index contributed by atoms with van der Waals surface area (Å²) in [5, 5.41) is 0. The molecular weight excluding hydrogens is 641 g/mol. The van der Waals surface area contributed by atoms with Gasteiger partial charge in [0.05, 0.1) is 17.7 Å². The molecule has 0 bridgehead atoms. The zero-order valence-corrected chi connectivity index (χ0v) is 34.7. The predicted molar refractivity (Wildman–Crippen MR) is 224 cm³/mol. The lowest BCUT2D eigenvalue weighted by Crippen LogP contribution is -2.21. The van der Waals surface area contributed by atoms with Gasteiger partial charge in [-0.15, -0.1) is 0 Å². The zero-order chi connectivity index (χ0) is 37.6. The van der Waals surface area contributed by atoms with Crippen molar-refractivity contribution in [3.8, 4) is 0 Å². The predicted octanol–water partition coefficient (Wildman–Crippen LogP) is 15.9. The Morgan fingerprint density at radius 1 is 0.462 bits per heavy atom. The average Bonchev–Trinajstić information content (AvgIpc) is 3.16. The van der Waals surface area contributed by atoms with Gasteiger partial charge in [0.25, 0.3) is 0 Å². The van der Waals surface area contributed by atoms with Crippen molar-refractivity contribution in [2.75, 3.05) is 6.61 Å². The number of rotatable bonds is 38. The molecule has 0 N–H and O–H groups in total. The molecule has 1 unspecified atom stereocenters. The fourth-order valence-corrected chi connectivity index (χ4v) is 7.10. The molecule has 1 rings (SSSR count). The minimum atomic E-state index is -0.426. The molecule has 0 heterocycles. The van der Waals surface area contributed by atoms with E-state index in [9.17, 15) is 9.59 Å². The third kappa shape index (κ3) is 28.4. The minimum Gasteiger partial charge on any atom is -0.462 e. The van der Waals surface area contributed by atoms with Crippen molar-refractivity contribution in [2.24, 2.45) is 0 Å². The maximum atomic E-state index is 13.5. The molecule has 1 aromatic rings. The van der Waals surface area contributed by atoms with Crippen LogP contribution in [0.1, 0.15) is 253 Å². The van der Waals surface area contributed by atoms with Crippen LogP contribution in [0.15, 0.2) is 36.4 Å². The van der Waals surface area contributed by atoms with Crippen molar-refractivity contribution >= 4 is 11.9 Å². The smallest absolute Gasteiger partial charge is 0.339 e. The van der Waals surface area contributed by atoms with E-state index in [2.05, 4.69) is 32.9 Å². The maximum absolute atomic E-state index is 13.5. The van der Waals surface area contributed by atoms with Crippen molar-refractivity contribution in [3.63, 3.8) is 0 Å². The van der Waals surface area contributed by atoms with Crippen LogP contribution in [0, 0.1) is 0 Å². The van der Waals surface area contributed by atoms with E-state index in [1.807, 2.05) is 6.07 Å². The van der Waals surface area contributed by atoms with Gasteiger partial charge in [-0.1, -0.05) is 199 Å². The Bertz CT molecular complexity index is 969. The van der Waals surface area contributed by atoms with Crippen LogP contribution in [0.3, 0.4) is 0 Å². The maximum Gasteiger partial charge on any atom is 0.339 e. The molecular formula is C48H84O4. The second-order valence-corrected chi connectivity index (χ2v) is 15.5. The van der Waals surface area contributed by atoms with Gasteiger partial charge < -0.3 is 9.47 Å². The number of benzene rings is 1. The van der Waals surface area contributed by atoms with E-state index < -0.39 is 5.97 Å². The van der Waals surface area contributed by atoms with Crippen LogP contribution >= 0.6 is 0 Å². The molecule has 0 amide bonds. The number of hydrogen-bond donors (Lipinski definition) is 0. The topological polar surface area (TPSA) is 52.6 Å². The highest BCUT2D eigenvalue weighted by molar-refractivity contribution is 6.03. The van der Waals surface area contributed by atoms with E-state index in [0.717, 1.165) is 51.4 Å². The average molecular weight is 725 g/mol. The van der Waals surface area contributed by atoms with Gasteiger partial charge in [0.15, 0.2) is 0 Å². The van der Waals surface area contributed by atoms with Crippen LogP contribution in [0.2, 0.25) is 0 Å². The second-order valence-electron chi connectivity index (χ2n) is 15.5. The molecule has 0 saturated carbocycles. The molecule has 0 spiro atoms. The fraction of sp³-hybridized carbons (Fsp3) is 0.792. The van der Waals surface area contributed by atoms with Crippen LogP contribution in [0.25, 0.3) is 0 Å². The standard InChI is InChI=1S/C48H84O4/c1-4-7-10-13-15-17-19-21-22-23-25-27-29-31-33-35-40-44(39-34-32-30-28-26-24-20-18-16-14-11-8-5-2)52-48(50)46-42-37-36-41-45(46)47(49)51-43-38-12-9-6-3/h21-22,36-37,41-42,44H,4-20,23-35,38-40,43H2,1-3H3. The molecule has 300 valence electrons. The molecule has 0 aliphatic rings. The molecule has 4 heteroatoms.